The summed E-state index contributed by atoms with van der Waals surface area (Å²) in [7, 11) is 1.58. The number of hydrogen-bond donors (Lipinski definition) is 0. The molecule has 1 aromatic heterocycles. The number of fused-ring (bicyclic) bond motifs is 1. The van der Waals surface area contributed by atoms with Gasteiger partial charge in [0.2, 0.25) is 5.88 Å². The van der Waals surface area contributed by atoms with Gasteiger partial charge < -0.3 is 14.4 Å². The summed E-state index contributed by atoms with van der Waals surface area (Å²) < 4.78 is 11.3. The van der Waals surface area contributed by atoms with Gasteiger partial charge in [0.15, 0.2) is 0 Å². The van der Waals surface area contributed by atoms with Gasteiger partial charge in [0.25, 0.3) is 0 Å². The largest absolute Gasteiger partial charge is 0.480 e. The van der Waals surface area contributed by atoms with Crippen molar-refractivity contribution in [1.82, 2.24) is 4.98 Å². The van der Waals surface area contributed by atoms with Crippen LogP contribution in [0.5, 0.6) is 5.88 Å². The van der Waals surface area contributed by atoms with E-state index in [1.807, 2.05) is 0 Å². The normalized spacial score (nSPS) is 20.0. The van der Waals surface area contributed by atoms with Gasteiger partial charge in [0.05, 0.1) is 19.3 Å². The highest BCUT2D eigenvalue weighted by atomic mass is 16.5. The molecular formula is C16H21N3O2. The molecule has 0 aliphatic carbocycles. The molecule has 0 aromatic carbocycles. The number of hydrogen-bond acceptors (Lipinski definition) is 5. The maximum atomic E-state index is 9.51. The Morgan fingerprint density at radius 1 is 1.29 bits per heavy atom. The minimum absolute atomic E-state index is 0.257. The first-order chi connectivity index (χ1) is 10.1. The second-order valence-electron chi connectivity index (χ2n) is 6.31. The maximum Gasteiger partial charge on any atom is 0.233 e. The summed E-state index contributed by atoms with van der Waals surface area (Å²) in [5.41, 5.74) is 2.41. The van der Waals surface area contributed by atoms with Crippen molar-refractivity contribution in [2.75, 3.05) is 25.1 Å². The third-order valence-corrected chi connectivity index (χ3v) is 4.28. The van der Waals surface area contributed by atoms with Crippen LogP contribution >= 0.6 is 0 Å². The van der Waals surface area contributed by atoms with Crippen molar-refractivity contribution >= 4 is 5.82 Å². The van der Waals surface area contributed by atoms with E-state index in [0.717, 1.165) is 30.0 Å². The molecule has 0 bridgehead atoms. The van der Waals surface area contributed by atoms with Crippen molar-refractivity contribution in [1.29, 1.82) is 5.26 Å². The van der Waals surface area contributed by atoms with E-state index in [1.165, 1.54) is 12.8 Å². The molecule has 0 unspecified atom stereocenters. The molecule has 0 N–H and O–H groups in total. The van der Waals surface area contributed by atoms with Crippen molar-refractivity contribution in [2.24, 2.45) is 0 Å². The summed E-state index contributed by atoms with van der Waals surface area (Å²) in [5.74, 6) is 1.38. The van der Waals surface area contributed by atoms with E-state index in [1.54, 1.807) is 7.11 Å². The van der Waals surface area contributed by atoms with Gasteiger partial charge in [0.1, 0.15) is 17.5 Å². The topological polar surface area (TPSA) is 58.4 Å². The van der Waals surface area contributed by atoms with Crippen molar-refractivity contribution in [3.8, 4) is 11.9 Å². The minimum atomic E-state index is -0.257. The van der Waals surface area contributed by atoms with Crippen LogP contribution in [0.4, 0.5) is 5.82 Å². The van der Waals surface area contributed by atoms with E-state index in [2.05, 4.69) is 29.8 Å². The quantitative estimate of drug-likeness (QED) is 0.836. The lowest BCUT2D eigenvalue weighted by atomic mass is 9.89. The Hall–Kier alpha value is -1.80. The fourth-order valence-corrected chi connectivity index (χ4v) is 3.18. The molecule has 1 fully saturated rings. The van der Waals surface area contributed by atoms with E-state index in [0.29, 0.717) is 24.5 Å². The predicted molar refractivity (Wildman–Crippen MR) is 79.5 cm³/mol. The second kappa shape index (κ2) is 5.19. The Bertz CT molecular complexity index is 599. The molecule has 0 atom stereocenters. The van der Waals surface area contributed by atoms with Crippen molar-refractivity contribution < 1.29 is 9.47 Å². The van der Waals surface area contributed by atoms with Crippen molar-refractivity contribution in [3.05, 3.63) is 16.7 Å². The van der Waals surface area contributed by atoms with Crippen LogP contribution in [0, 0.1) is 11.3 Å². The molecule has 2 aliphatic rings. The number of anilines is 1. The van der Waals surface area contributed by atoms with Gasteiger partial charge in [-0.25, -0.2) is 0 Å². The van der Waals surface area contributed by atoms with Crippen LogP contribution < -0.4 is 9.64 Å². The second-order valence-corrected chi connectivity index (χ2v) is 6.31. The number of methoxy groups -OCH3 is 1. The van der Waals surface area contributed by atoms with Crippen LogP contribution in [0.15, 0.2) is 0 Å². The molecule has 3 rings (SSSR count). The Morgan fingerprint density at radius 3 is 2.62 bits per heavy atom. The fraction of sp³-hybridized carbons (Fsp3) is 0.625. The first-order valence-corrected chi connectivity index (χ1v) is 7.44. The standard InChI is InChI=1S/C16H21N3O2/c1-16(2)8-11-12(9-17)15(20-3)18-14(13(11)10-21-16)19-6-4-5-7-19/h4-8,10H2,1-3H3. The summed E-state index contributed by atoms with van der Waals surface area (Å²) in [5, 5.41) is 9.51. The monoisotopic (exact) mass is 287 g/mol. The van der Waals surface area contributed by atoms with E-state index in [9.17, 15) is 5.26 Å². The first-order valence-electron chi connectivity index (χ1n) is 7.44. The molecule has 112 valence electrons. The molecule has 0 saturated carbocycles. The van der Waals surface area contributed by atoms with Crippen LogP contribution in [0.3, 0.4) is 0 Å². The smallest absolute Gasteiger partial charge is 0.233 e. The summed E-state index contributed by atoms with van der Waals surface area (Å²) in [6, 6.07) is 2.27. The van der Waals surface area contributed by atoms with Crippen LogP contribution in [0.1, 0.15) is 43.4 Å². The number of aromatic nitrogens is 1. The molecule has 5 heteroatoms. The molecule has 3 heterocycles. The molecule has 1 aromatic rings. The summed E-state index contributed by atoms with van der Waals surface area (Å²) >= 11 is 0. The zero-order chi connectivity index (χ0) is 15.0. The predicted octanol–water partition coefficient (Wildman–Crippen LogP) is 2.41. The number of nitriles is 1. The Labute approximate surface area is 125 Å². The van der Waals surface area contributed by atoms with Gasteiger partial charge >= 0.3 is 0 Å². The van der Waals surface area contributed by atoms with Crippen LogP contribution in [0.2, 0.25) is 0 Å². The van der Waals surface area contributed by atoms with Crippen LogP contribution in [-0.4, -0.2) is 30.8 Å². The molecular weight excluding hydrogens is 266 g/mol. The number of nitrogens with zero attached hydrogens (tertiary/aromatic N) is 3. The molecule has 0 spiro atoms. The van der Waals surface area contributed by atoms with Crippen molar-refractivity contribution in [2.45, 2.75) is 45.3 Å². The van der Waals surface area contributed by atoms with Crippen LogP contribution in [0.25, 0.3) is 0 Å². The third kappa shape index (κ3) is 2.44. The van der Waals surface area contributed by atoms with E-state index in [4.69, 9.17) is 9.47 Å². The molecule has 1 saturated heterocycles. The summed E-state index contributed by atoms with van der Waals surface area (Å²) in [6.07, 6.45) is 3.08. The maximum absolute atomic E-state index is 9.51. The Kier molecular flexibility index (Phi) is 3.50. The Balaban J connectivity index is 2.17. The molecule has 0 radical (unpaired) electrons. The summed E-state index contributed by atoms with van der Waals surface area (Å²) in [6.45, 7) is 6.65. The van der Waals surface area contributed by atoms with E-state index in [-0.39, 0.29) is 5.60 Å². The van der Waals surface area contributed by atoms with Gasteiger partial charge in [-0.15, -0.1) is 0 Å². The number of ether oxygens (including phenoxy) is 2. The van der Waals surface area contributed by atoms with E-state index < -0.39 is 0 Å². The fourth-order valence-electron chi connectivity index (χ4n) is 3.18. The zero-order valence-electron chi connectivity index (χ0n) is 12.9. The lowest BCUT2D eigenvalue weighted by molar-refractivity contribution is -0.0401. The highest BCUT2D eigenvalue weighted by Crippen LogP contribution is 2.38. The highest BCUT2D eigenvalue weighted by Gasteiger charge is 2.33. The lowest BCUT2D eigenvalue weighted by Crippen LogP contribution is -2.34. The average Bonchev–Trinajstić information content (AvgIpc) is 2.98. The third-order valence-electron chi connectivity index (χ3n) is 4.28. The molecule has 21 heavy (non-hydrogen) atoms. The minimum Gasteiger partial charge on any atom is -0.480 e. The highest BCUT2D eigenvalue weighted by molar-refractivity contribution is 5.61. The van der Waals surface area contributed by atoms with Gasteiger partial charge in [-0.3, -0.25) is 0 Å². The van der Waals surface area contributed by atoms with Crippen molar-refractivity contribution in [3.63, 3.8) is 0 Å². The first kappa shape index (κ1) is 14.2. The SMILES string of the molecule is COc1nc(N2CCCC2)c2c(c1C#N)CC(C)(C)OC2. The molecule has 2 aliphatic heterocycles. The van der Waals surface area contributed by atoms with Gasteiger partial charge in [-0.1, -0.05) is 0 Å². The van der Waals surface area contributed by atoms with Gasteiger partial charge in [0, 0.05) is 25.1 Å². The van der Waals surface area contributed by atoms with Crippen LogP contribution in [-0.2, 0) is 17.8 Å². The molecule has 5 nitrogen and oxygen atoms in total. The zero-order valence-corrected chi connectivity index (χ0v) is 12.9. The average molecular weight is 287 g/mol. The number of rotatable bonds is 2. The summed E-state index contributed by atoms with van der Waals surface area (Å²) in [4.78, 5) is 6.89. The van der Waals surface area contributed by atoms with Gasteiger partial charge in [-0.2, -0.15) is 10.2 Å². The number of pyridine rings is 1. The lowest BCUT2D eigenvalue weighted by Gasteiger charge is -2.34. The Morgan fingerprint density at radius 2 is 2.00 bits per heavy atom. The molecule has 0 amide bonds. The van der Waals surface area contributed by atoms with E-state index >= 15 is 0 Å². The van der Waals surface area contributed by atoms with Gasteiger partial charge in [-0.05, 0) is 32.3 Å².